The van der Waals surface area contributed by atoms with Crippen LogP contribution < -0.4 is 10.5 Å². The summed E-state index contributed by atoms with van der Waals surface area (Å²) in [6.07, 6.45) is 0.926. The topological polar surface area (TPSA) is 35.2 Å². The Balaban J connectivity index is 2.85. The number of rotatable bonds is 3. The highest BCUT2D eigenvalue weighted by molar-refractivity contribution is 5.35. The average molecular weight is 179 g/mol. The third-order valence-electron chi connectivity index (χ3n) is 2.09. The third kappa shape index (κ3) is 2.74. The summed E-state index contributed by atoms with van der Waals surface area (Å²) in [6, 6.07) is 6.31. The first-order chi connectivity index (χ1) is 6.13. The fourth-order valence-corrected chi connectivity index (χ4v) is 1.37. The van der Waals surface area contributed by atoms with Gasteiger partial charge in [-0.05, 0) is 43.5 Å². The molecule has 1 aromatic carbocycles. The van der Waals surface area contributed by atoms with Gasteiger partial charge in [-0.25, -0.2) is 0 Å². The molecule has 0 radical (unpaired) electrons. The first-order valence-corrected chi connectivity index (χ1v) is 4.52. The molecule has 0 fully saturated rings. The van der Waals surface area contributed by atoms with Gasteiger partial charge in [0, 0.05) is 6.04 Å². The second-order valence-corrected chi connectivity index (χ2v) is 3.47. The molecule has 1 unspecified atom stereocenters. The molecule has 0 saturated heterocycles. The largest absolute Gasteiger partial charge is 0.497 e. The van der Waals surface area contributed by atoms with E-state index in [1.54, 1.807) is 7.11 Å². The molecule has 1 rings (SSSR count). The summed E-state index contributed by atoms with van der Waals surface area (Å²) in [6.45, 7) is 4.10. The van der Waals surface area contributed by atoms with Crippen LogP contribution in [0.5, 0.6) is 5.75 Å². The van der Waals surface area contributed by atoms with Crippen molar-refractivity contribution in [2.75, 3.05) is 7.11 Å². The number of hydrogen-bond donors (Lipinski definition) is 1. The van der Waals surface area contributed by atoms with Crippen molar-refractivity contribution < 1.29 is 4.74 Å². The summed E-state index contributed by atoms with van der Waals surface area (Å²) in [7, 11) is 1.68. The van der Waals surface area contributed by atoms with Crippen LogP contribution in [0.3, 0.4) is 0 Å². The number of benzene rings is 1. The first-order valence-electron chi connectivity index (χ1n) is 4.52. The number of methoxy groups -OCH3 is 1. The summed E-state index contributed by atoms with van der Waals surface area (Å²) in [5.74, 6) is 0.908. The molecule has 72 valence electrons. The van der Waals surface area contributed by atoms with E-state index >= 15 is 0 Å². The Hall–Kier alpha value is -1.02. The second kappa shape index (κ2) is 4.28. The normalized spacial score (nSPS) is 12.6. The average Bonchev–Trinajstić information content (AvgIpc) is 2.08. The molecule has 1 aromatic rings. The zero-order chi connectivity index (χ0) is 9.84. The molecule has 0 aromatic heterocycles. The van der Waals surface area contributed by atoms with E-state index in [1.807, 2.05) is 19.1 Å². The van der Waals surface area contributed by atoms with Crippen LogP contribution in [0.2, 0.25) is 0 Å². The molecular weight excluding hydrogens is 162 g/mol. The summed E-state index contributed by atoms with van der Waals surface area (Å²) < 4.78 is 5.12. The van der Waals surface area contributed by atoms with Gasteiger partial charge in [0.15, 0.2) is 0 Å². The van der Waals surface area contributed by atoms with Crippen LogP contribution in [0.1, 0.15) is 18.1 Å². The highest BCUT2D eigenvalue weighted by atomic mass is 16.5. The quantitative estimate of drug-likeness (QED) is 0.769. The van der Waals surface area contributed by atoms with E-state index in [-0.39, 0.29) is 6.04 Å². The number of aryl methyl sites for hydroxylation is 1. The van der Waals surface area contributed by atoms with Crippen molar-refractivity contribution in [1.82, 2.24) is 0 Å². The Labute approximate surface area is 79.7 Å². The molecule has 1 atom stereocenters. The molecular formula is C11H17NO. The highest BCUT2D eigenvalue weighted by Gasteiger charge is 2.02. The maximum absolute atomic E-state index is 5.73. The standard InChI is InChI=1S/C11H17NO/c1-8-6-11(13-3)5-4-10(8)7-9(2)12/h4-6,9H,7,12H2,1-3H3. The van der Waals surface area contributed by atoms with Gasteiger partial charge in [0.1, 0.15) is 5.75 Å². The van der Waals surface area contributed by atoms with Gasteiger partial charge >= 0.3 is 0 Å². The molecule has 13 heavy (non-hydrogen) atoms. The molecule has 0 aliphatic carbocycles. The molecule has 2 N–H and O–H groups in total. The maximum atomic E-state index is 5.73. The molecule has 0 amide bonds. The SMILES string of the molecule is COc1ccc(CC(C)N)c(C)c1. The van der Waals surface area contributed by atoms with Crippen molar-refractivity contribution in [3.8, 4) is 5.75 Å². The molecule has 0 bridgehead atoms. The first kappa shape index (κ1) is 10.1. The van der Waals surface area contributed by atoms with Crippen LogP contribution in [0.15, 0.2) is 18.2 Å². The van der Waals surface area contributed by atoms with E-state index < -0.39 is 0 Å². The molecule has 0 spiro atoms. The lowest BCUT2D eigenvalue weighted by Gasteiger charge is -2.09. The van der Waals surface area contributed by atoms with Crippen molar-refractivity contribution in [1.29, 1.82) is 0 Å². The van der Waals surface area contributed by atoms with Crippen LogP contribution >= 0.6 is 0 Å². The molecule has 0 aliphatic rings. The van der Waals surface area contributed by atoms with Gasteiger partial charge in [-0.2, -0.15) is 0 Å². The monoisotopic (exact) mass is 179 g/mol. The van der Waals surface area contributed by atoms with Gasteiger partial charge in [-0.3, -0.25) is 0 Å². The Morgan fingerprint density at radius 3 is 2.62 bits per heavy atom. The third-order valence-corrected chi connectivity index (χ3v) is 2.09. The second-order valence-electron chi connectivity index (χ2n) is 3.47. The summed E-state index contributed by atoms with van der Waals surface area (Å²) >= 11 is 0. The molecule has 0 aliphatic heterocycles. The predicted molar refractivity (Wildman–Crippen MR) is 55.1 cm³/mol. The van der Waals surface area contributed by atoms with Gasteiger partial charge in [-0.15, -0.1) is 0 Å². The van der Waals surface area contributed by atoms with Crippen molar-refractivity contribution >= 4 is 0 Å². The van der Waals surface area contributed by atoms with Crippen LogP contribution in [0.25, 0.3) is 0 Å². The van der Waals surface area contributed by atoms with E-state index in [4.69, 9.17) is 10.5 Å². The molecule has 2 nitrogen and oxygen atoms in total. The van der Waals surface area contributed by atoms with Crippen molar-refractivity contribution in [2.45, 2.75) is 26.3 Å². The minimum absolute atomic E-state index is 0.215. The van der Waals surface area contributed by atoms with Crippen LogP contribution in [-0.2, 0) is 6.42 Å². The smallest absolute Gasteiger partial charge is 0.119 e. The number of nitrogens with two attached hydrogens (primary N) is 1. The van der Waals surface area contributed by atoms with Gasteiger partial charge in [0.05, 0.1) is 7.11 Å². The fourth-order valence-electron chi connectivity index (χ4n) is 1.37. The Morgan fingerprint density at radius 2 is 2.15 bits per heavy atom. The number of hydrogen-bond acceptors (Lipinski definition) is 2. The molecule has 0 heterocycles. The van der Waals surface area contributed by atoms with E-state index in [9.17, 15) is 0 Å². The van der Waals surface area contributed by atoms with Crippen LogP contribution in [0, 0.1) is 6.92 Å². The molecule has 2 heteroatoms. The summed E-state index contributed by atoms with van der Waals surface area (Å²) in [5, 5.41) is 0. The highest BCUT2D eigenvalue weighted by Crippen LogP contribution is 2.17. The summed E-state index contributed by atoms with van der Waals surface area (Å²) in [4.78, 5) is 0. The minimum atomic E-state index is 0.215. The number of ether oxygens (including phenoxy) is 1. The maximum Gasteiger partial charge on any atom is 0.119 e. The van der Waals surface area contributed by atoms with Crippen LogP contribution in [-0.4, -0.2) is 13.2 Å². The lowest BCUT2D eigenvalue weighted by molar-refractivity contribution is 0.414. The summed E-state index contributed by atoms with van der Waals surface area (Å²) in [5.41, 5.74) is 8.28. The van der Waals surface area contributed by atoms with E-state index in [0.717, 1.165) is 12.2 Å². The fraction of sp³-hybridized carbons (Fsp3) is 0.455. The van der Waals surface area contributed by atoms with Crippen molar-refractivity contribution in [2.24, 2.45) is 5.73 Å². The van der Waals surface area contributed by atoms with Gasteiger partial charge < -0.3 is 10.5 Å². The Bertz CT molecular complexity index is 281. The lowest BCUT2D eigenvalue weighted by Crippen LogP contribution is -2.18. The van der Waals surface area contributed by atoms with E-state index in [0.29, 0.717) is 0 Å². The van der Waals surface area contributed by atoms with Crippen molar-refractivity contribution in [3.63, 3.8) is 0 Å². The van der Waals surface area contributed by atoms with Gasteiger partial charge in [0.25, 0.3) is 0 Å². The predicted octanol–water partition coefficient (Wildman–Crippen LogP) is 1.89. The van der Waals surface area contributed by atoms with Gasteiger partial charge in [-0.1, -0.05) is 6.07 Å². The molecule has 0 saturated carbocycles. The zero-order valence-corrected chi connectivity index (χ0v) is 8.50. The Morgan fingerprint density at radius 1 is 1.46 bits per heavy atom. The lowest BCUT2D eigenvalue weighted by atomic mass is 10.0. The Kier molecular flexibility index (Phi) is 3.32. The zero-order valence-electron chi connectivity index (χ0n) is 8.50. The van der Waals surface area contributed by atoms with E-state index in [2.05, 4.69) is 13.0 Å². The minimum Gasteiger partial charge on any atom is -0.497 e. The van der Waals surface area contributed by atoms with Crippen LogP contribution in [0.4, 0.5) is 0 Å². The van der Waals surface area contributed by atoms with E-state index in [1.165, 1.54) is 11.1 Å². The van der Waals surface area contributed by atoms with Gasteiger partial charge in [0.2, 0.25) is 0 Å². The van der Waals surface area contributed by atoms with Crippen molar-refractivity contribution in [3.05, 3.63) is 29.3 Å².